The highest BCUT2D eigenvalue weighted by Gasteiger charge is 2.26. The molecule has 12 N–H and O–H groups in total. The fourth-order valence-corrected chi connectivity index (χ4v) is 9.96. The highest BCUT2D eigenvalue weighted by atomic mass is 32.2. The summed E-state index contributed by atoms with van der Waals surface area (Å²) >= 11 is 0. The minimum Gasteiger partial charge on any atom is -0.454 e. The number of nitrogens with zero attached hydrogens (tertiary/aromatic N) is 6. The number of aromatic nitrogens is 2. The Balaban J connectivity index is 0.000000237. The molecule has 0 amide bonds. The lowest BCUT2D eigenvalue weighted by Gasteiger charge is -2.34. The Hall–Kier alpha value is -5.83. The van der Waals surface area contributed by atoms with Gasteiger partial charge in [0.05, 0.1) is 11.4 Å². The molecular weight excluding hydrogens is 1020 g/mol. The highest BCUT2D eigenvalue weighted by molar-refractivity contribution is 7.89. The summed E-state index contributed by atoms with van der Waals surface area (Å²) in [6, 6.07) is 23.5. The van der Waals surface area contributed by atoms with Crippen LogP contribution in [0.4, 0.5) is 11.4 Å². The van der Waals surface area contributed by atoms with E-state index in [1.807, 2.05) is 19.1 Å². The number of ketones is 1. The summed E-state index contributed by atoms with van der Waals surface area (Å²) in [6.45, 7) is 19.8. The second-order valence-corrected chi connectivity index (χ2v) is 21.8. The zero-order chi connectivity index (χ0) is 55.6. The number of Topliss-reactive ketones (excluding diaryl/α,β-unsaturated/α-hetero) is 1. The number of nitrogens with one attached hydrogen (secondary N) is 2. The third kappa shape index (κ3) is 20.5. The van der Waals surface area contributed by atoms with Gasteiger partial charge in [0, 0.05) is 135 Å². The number of rotatable bonds is 26. The van der Waals surface area contributed by atoms with Crippen LogP contribution in [0, 0.1) is 0 Å². The number of carbonyl (C=O) groups is 2. The van der Waals surface area contributed by atoms with E-state index in [4.69, 9.17) is 37.0 Å². The average Bonchev–Trinajstić information content (AvgIpc) is 3.97. The first-order valence-electron chi connectivity index (χ1n) is 26.5. The monoisotopic (exact) mass is 1100 g/mol. The van der Waals surface area contributed by atoms with Crippen molar-refractivity contribution in [3.05, 3.63) is 115 Å². The van der Waals surface area contributed by atoms with Gasteiger partial charge in [-0.05, 0) is 74.3 Å². The van der Waals surface area contributed by atoms with Crippen LogP contribution < -0.4 is 47.6 Å². The number of piperazine rings is 2. The van der Waals surface area contributed by atoms with Crippen LogP contribution in [0.25, 0.3) is 0 Å². The molecule has 0 bridgehead atoms. The van der Waals surface area contributed by atoms with E-state index in [1.165, 1.54) is 35.4 Å². The largest absolute Gasteiger partial charge is 0.454 e. The van der Waals surface area contributed by atoms with E-state index in [1.54, 1.807) is 60.7 Å². The van der Waals surface area contributed by atoms with Crippen LogP contribution in [0.2, 0.25) is 0 Å². The van der Waals surface area contributed by atoms with Gasteiger partial charge in [0.15, 0.2) is 17.3 Å². The summed E-state index contributed by atoms with van der Waals surface area (Å²) in [6.07, 6.45) is 8.95. The summed E-state index contributed by atoms with van der Waals surface area (Å²) in [5.74, 6) is 0.531. The molecule has 4 aromatic carbocycles. The molecule has 77 heavy (non-hydrogen) atoms. The smallest absolute Gasteiger partial charge is 0.263 e. The van der Waals surface area contributed by atoms with Crippen molar-refractivity contribution >= 4 is 43.1 Å². The van der Waals surface area contributed by atoms with E-state index in [-0.39, 0.29) is 32.6 Å². The Morgan fingerprint density at radius 1 is 0.571 bits per heavy atom. The molecule has 7 rings (SSSR count). The van der Waals surface area contributed by atoms with Gasteiger partial charge in [0.1, 0.15) is 27.6 Å². The molecule has 0 unspecified atom stereocenters. The first kappa shape index (κ1) is 62.0. The molecule has 422 valence electrons. The van der Waals surface area contributed by atoms with Crippen molar-refractivity contribution in [3.8, 4) is 23.0 Å². The molecule has 2 aliphatic heterocycles. The SMILES string of the molecule is CCCCNc1cc(C(=O)CCCN2CCN(CCN)CC2)cc(S(N)(=O)=O)c1Oc1ccccc1.CCCCNc1cc(C(=O)n2ccnc2)cc(S(N)(=O)=O)c1Oc1ccccc1.NCCN1CCN(CCN)CC1. The van der Waals surface area contributed by atoms with Crippen LogP contribution in [-0.2, 0) is 20.0 Å². The number of hydrogen-bond acceptors (Lipinski definition) is 18. The number of unbranched alkanes of at least 4 members (excludes halogenated alkanes) is 2. The summed E-state index contributed by atoms with van der Waals surface area (Å²) in [5.41, 5.74) is 17.9. The molecule has 2 saturated heterocycles. The number of carbonyl (C=O) groups excluding carboxylic acids is 2. The second-order valence-electron chi connectivity index (χ2n) is 18.7. The Kier molecular flexibility index (Phi) is 25.9. The predicted molar refractivity (Wildman–Crippen MR) is 304 cm³/mol. The number of para-hydroxylation sites is 2. The first-order chi connectivity index (χ1) is 37.1. The first-order valence-corrected chi connectivity index (χ1v) is 29.6. The van der Waals surface area contributed by atoms with Gasteiger partial charge < -0.3 is 42.2 Å². The summed E-state index contributed by atoms with van der Waals surface area (Å²) in [4.78, 5) is 38.8. The lowest BCUT2D eigenvalue weighted by atomic mass is 10.0. The van der Waals surface area contributed by atoms with Gasteiger partial charge in [-0.15, -0.1) is 0 Å². The molecule has 2 aliphatic rings. The van der Waals surface area contributed by atoms with E-state index in [0.717, 1.165) is 117 Å². The number of imidazole rings is 1. The average molecular weight is 1100 g/mol. The quantitative estimate of drug-likeness (QED) is 0.0293. The number of sulfonamides is 2. The van der Waals surface area contributed by atoms with Crippen molar-refractivity contribution in [2.75, 3.05) is 122 Å². The fraction of sp³-hybridized carbons (Fsp3) is 0.463. The lowest BCUT2D eigenvalue weighted by Crippen LogP contribution is -2.48. The Bertz CT molecular complexity index is 2760. The van der Waals surface area contributed by atoms with Gasteiger partial charge in [-0.25, -0.2) is 32.1 Å². The number of benzene rings is 4. The van der Waals surface area contributed by atoms with Crippen LogP contribution in [0.3, 0.4) is 0 Å². The standard InChI is InChI=1S/C26H39N5O4S.C20H22N4O4S.C8H20N4/c1-2-3-12-29-23-19-21(24(32)10-7-13-30-15-17-31(14-11-27)18-16-30)20-25(36(28,33)34)26(23)35-22-8-5-4-6-9-22;1-2-3-9-23-17-12-15(20(25)24-11-10-22-14-24)13-18(29(21,26)27)19(17)28-16-7-5-4-6-8-16;9-1-3-11-5-7-12(4-2-10)8-6-11/h4-6,8-9,19-20,29H,2-3,7,10-18,27H2,1H3,(H2,28,33,34);4-8,10-14,23H,2-3,9H2,1H3,(H2,21,26,27);1-10H2. The molecule has 1 aromatic heterocycles. The molecule has 23 heteroatoms. The van der Waals surface area contributed by atoms with E-state index in [0.29, 0.717) is 60.9 Å². The van der Waals surface area contributed by atoms with Crippen LogP contribution in [0.1, 0.15) is 73.1 Å². The second kappa shape index (κ2) is 32.2. The normalized spacial score (nSPS) is 14.6. The van der Waals surface area contributed by atoms with E-state index in [9.17, 15) is 26.4 Å². The molecular formula is C54H81N13O8S2. The van der Waals surface area contributed by atoms with Gasteiger partial charge >= 0.3 is 0 Å². The fourth-order valence-electron chi connectivity index (χ4n) is 8.55. The zero-order valence-corrected chi connectivity index (χ0v) is 46.4. The lowest BCUT2D eigenvalue weighted by molar-refractivity contribution is 0.0953. The zero-order valence-electron chi connectivity index (χ0n) is 44.7. The van der Waals surface area contributed by atoms with Crippen molar-refractivity contribution in [2.24, 2.45) is 27.5 Å². The van der Waals surface area contributed by atoms with Crippen molar-refractivity contribution in [3.63, 3.8) is 0 Å². The van der Waals surface area contributed by atoms with Gasteiger partial charge in [-0.2, -0.15) is 0 Å². The topological polar surface area (TPSA) is 306 Å². The number of hydrogen-bond donors (Lipinski definition) is 7. The summed E-state index contributed by atoms with van der Waals surface area (Å²) in [7, 11) is -8.32. The summed E-state index contributed by atoms with van der Waals surface area (Å²) in [5, 5.41) is 17.4. The number of nitrogens with two attached hydrogens (primary N) is 5. The van der Waals surface area contributed by atoms with Crippen molar-refractivity contribution in [1.82, 2.24) is 29.2 Å². The predicted octanol–water partition coefficient (Wildman–Crippen LogP) is 4.62. The van der Waals surface area contributed by atoms with Crippen LogP contribution in [0.15, 0.2) is 113 Å². The third-order valence-electron chi connectivity index (χ3n) is 12.8. The number of anilines is 2. The minimum absolute atomic E-state index is 0.0528. The Morgan fingerprint density at radius 3 is 1.35 bits per heavy atom. The molecule has 5 aromatic rings. The Labute approximate surface area is 455 Å². The van der Waals surface area contributed by atoms with Crippen LogP contribution >= 0.6 is 0 Å². The highest BCUT2D eigenvalue weighted by Crippen LogP contribution is 2.39. The van der Waals surface area contributed by atoms with Crippen LogP contribution in [-0.4, -0.2) is 169 Å². The minimum atomic E-state index is -4.17. The summed E-state index contributed by atoms with van der Waals surface area (Å²) < 4.78 is 62.8. The molecule has 0 atom stereocenters. The van der Waals surface area contributed by atoms with Gasteiger partial charge in [-0.3, -0.25) is 28.9 Å². The molecule has 0 spiro atoms. The van der Waals surface area contributed by atoms with Crippen molar-refractivity contribution < 1.29 is 35.9 Å². The van der Waals surface area contributed by atoms with E-state index >= 15 is 0 Å². The van der Waals surface area contributed by atoms with Gasteiger partial charge in [0.2, 0.25) is 20.0 Å². The third-order valence-corrected chi connectivity index (χ3v) is 14.6. The molecule has 0 radical (unpaired) electrons. The van der Waals surface area contributed by atoms with E-state index in [2.05, 4.69) is 42.1 Å². The van der Waals surface area contributed by atoms with Crippen molar-refractivity contribution in [1.29, 1.82) is 0 Å². The molecule has 3 heterocycles. The Morgan fingerprint density at radius 2 is 0.974 bits per heavy atom. The maximum atomic E-state index is 13.1. The maximum Gasteiger partial charge on any atom is 0.263 e. The van der Waals surface area contributed by atoms with Gasteiger partial charge in [0.25, 0.3) is 5.91 Å². The van der Waals surface area contributed by atoms with Gasteiger partial charge in [-0.1, -0.05) is 63.1 Å². The maximum absolute atomic E-state index is 13.1. The molecule has 0 saturated carbocycles. The molecule has 0 aliphatic carbocycles. The van der Waals surface area contributed by atoms with Crippen LogP contribution in [0.5, 0.6) is 23.0 Å². The van der Waals surface area contributed by atoms with Crippen molar-refractivity contribution in [2.45, 2.75) is 62.2 Å². The number of ether oxygens (including phenoxy) is 2. The molecule has 21 nitrogen and oxygen atoms in total. The number of primary sulfonamides is 2. The molecule has 2 fully saturated rings. The van der Waals surface area contributed by atoms with E-state index < -0.39 is 26.0 Å².